The summed E-state index contributed by atoms with van der Waals surface area (Å²) in [6.07, 6.45) is 0. The molecule has 0 aromatic carbocycles. The maximum absolute atomic E-state index is 11.3. The van der Waals surface area contributed by atoms with Crippen molar-refractivity contribution in [3.8, 4) is 0 Å². The molecule has 0 aliphatic heterocycles. The molecule has 0 saturated carbocycles. The Morgan fingerprint density at radius 1 is 1.62 bits per heavy atom. The van der Waals surface area contributed by atoms with Crippen LogP contribution in [0.1, 0.15) is 13.8 Å². The van der Waals surface area contributed by atoms with Crippen LogP contribution in [0.4, 0.5) is 0 Å². The molecular formula is C8H17NO2SSe. The van der Waals surface area contributed by atoms with E-state index in [1.54, 1.807) is 0 Å². The molecule has 0 aliphatic rings. The molecule has 0 heterocycles. The standard InChI is InChI=1S/C8H17NO2SSe/c1-8(2,7(10)11-3)6-13-12-5-4-9/h4-6,9H2,1-3H3. The van der Waals surface area contributed by atoms with Crippen molar-refractivity contribution in [1.29, 1.82) is 0 Å². The summed E-state index contributed by atoms with van der Waals surface area (Å²) in [7, 11) is 3.27. The monoisotopic (exact) mass is 271 g/mol. The van der Waals surface area contributed by atoms with Crippen LogP contribution in [0.3, 0.4) is 0 Å². The van der Waals surface area contributed by atoms with E-state index in [1.165, 1.54) is 7.11 Å². The molecule has 0 bridgehead atoms. The Morgan fingerprint density at radius 3 is 2.69 bits per heavy atom. The van der Waals surface area contributed by atoms with Crippen LogP contribution in [-0.4, -0.2) is 39.2 Å². The van der Waals surface area contributed by atoms with Crippen LogP contribution in [0, 0.1) is 5.41 Å². The van der Waals surface area contributed by atoms with Gasteiger partial charge in [0.15, 0.2) is 0 Å². The van der Waals surface area contributed by atoms with Crippen molar-refractivity contribution in [3.63, 3.8) is 0 Å². The van der Waals surface area contributed by atoms with Crippen LogP contribution >= 0.6 is 10.2 Å². The quantitative estimate of drug-likeness (QED) is 0.443. The molecule has 0 rings (SSSR count). The fourth-order valence-electron chi connectivity index (χ4n) is 0.631. The second-order valence-electron chi connectivity index (χ2n) is 3.25. The Kier molecular flexibility index (Phi) is 6.86. The van der Waals surface area contributed by atoms with Gasteiger partial charge < -0.3 is 0 Å². The van der Waals surface area contributed by atoms with Crippen molar-refractivity contribution in [2.45, 2.75) is 19.2 Å². The minimum atomic E-state index is -0.337. The van der Waals surface area contributed by atoms with Gasteiger partial charge in [0, 0.05) is 0 Å². The molecule has 13 heavy (non-hydrogen) atoms. The van der Waals surface area contributed by atoms with Gasteiger partial charge in [0.2, 0.25) is 0 Å². The van der Waals surface area contributed by atoms with Crippen LogP contribution < -0.4 is 5.73 Å². The molecule has 0 saturated heterocycles. The molecule has 0 aliphatic carbocycles. The van der Waals surface area contributed by atoms with Gasteiger partial charge in [-0.05, 0) is 0 Å². The van der Waals surface area contributed by atoms with Gasteiger partial charge >= 0.3 is 89.2 Å². The van der Waals surface area contributed by atoms with Crippen molar-refractivity contribution in [2.24, 2.45) is 11.1 Å². The Morgan fingerprint density at radius 2 is 2.23 bits per heavy atom. The summed E-state index contributed by atoms with van der Waals surface area (Å²) in [6.45, 7) is 4.55. The van der Waals surface area contributed by atoms with E-state index < -0.39 is 0 Å². The number of hydrogen-bond donors (Lipinski definition) is 1. The van der Waals surface area contributed by atoms with Crippen LogP contribution in [0.2, 0.25) is 5.32 Å². The van der Waals surface area contributed by atoms with E-state index in [2.05, 4.69) is 0 Å². The van der Waals surface area contributed by atoms with Gasteiger partial charge in [-0.1, -0.05) is 0 Å². The number of nitrogens with two attached hydrogens (primary N) is 1. The van der Waals surface area contributed by atoms with E-state index in [0.717, 1.165) is 11.1 Å². The van der Waals surface area contributed by atoms with E-state index >= 15 is 0 Å². The van der Waals surface area contributed by atoms with E-state index in [9.17, 15) is 4.79 Å². The third-order valence-electron chi connectivity index (χ3n) is 1.44. The minimum absolute atomic E-state index is 0.122. The molecular weight excluding hydrogens is 253 g/mol. The Labute approximate surface area is 89.4 Å². The average molecular weight is 270 g/mol. The number of ether oxygens (including phenoxy) is 1. The predicted octanol–water partition coefficient (Wildman–Crippen LogP) is 0.915. The second-order valence-corrected chi connectivity index (χ2v) is 7.70. The van der Waals surface area contributed by atoms with Crippen molar-refractivity contribution >= 4 is 30.0 Å². The van der Waals surface area contributed by atoms with Crippen molar-refractivity contribution in [1.82, 2.24) is 0 Å². The normalized spacial score (nSPS) is 11.4. The van der Waals surface area contributed by atoms with Crippen molar-refractivity contribution in [2.75, 3.05) is 19.4 Å². The fourth-order valence-corrected chi connectivity index (χ4v) is 5.20. The number of carbonyl (C=O) groups is 1. The van der Waals surface area contributed by atoms with Gasteiger partial charge in [-0.25, -0.2) is 0 Å². The molecule has 0 radical (unpaired) electrons. The summed E-state index contributed by atoms with van der Waals surface area (Å²) in [5.41, 5.74) is 5.02. The Bertz CT molecular complexity index is 164. The zero-order chi connectivity index (χ0) is 10.3. The van der Waals surface area contributed by atoms with Gasteiger partial charge in [0.1, 0.15) is 0 Å². The predicted molar refractivity (Wildman–Crippen MR) is 57.9 cm³/mol. The summed E-state index contributed by atoms with van der Waals surface area (Å²) in [5.74, 6) is 0.861. The average Bonchev–Trinajstić information content (AvgIpc) is 2.11. The molecule has 78 valence electrons. The molecule has 0 aromatic rings. The number of rotatable bonds is 6. The third kappa shape index (κ3) is 5.57. The SMILES string of the molecule is COC(=O)C(C)(C)C[Se]SCCN. The molecule has 0 unspecified atom stereocenters. The summed E-state index contributed by atoms with van der Waals surface area (Å²) in [4.78, 5) is 11.3. The molecule has 0 amide bonds. The number of esters is 1. The Balaban J connectivity index is 3.69. The van der Waals surface area contributed by atoms with E-state index in [4.69, 9.17) is 10.5 Å². The first kappa shape index (κ1) is 13.3. The van der Waals surface area contributed by atoms with E-state index in [0.29, 0.717) is 20.4 Å². The zero-order valence-corrected chi connectivity index (χ0v) is 10.9. The van der Waals surface area contributed by atoms with Gasteiger partial charge in [-0.2, -0.15) is 0 Å². The summed E-state index contributed by atoms with van der Waals surface area (Å²) in [5, 5.41) is 0.900. The molecule has 0 atom stereocenters. The summed E-state index contributed by atoms with van der Waals surface area (Å²) < 4.78 is 4.71. The van der Waals surface area contributed by atoms with Crippen molar-refractivity contribution < 1.29 is 9.53 Å². The second kappa shape index (κ2) is 6.71. The van der Waals surface area contributed by atoms with Gasteiger partial charge in [0.05, 0.1) is 0 Å². The number of carbonyl (C=O) groups excluding carboxylic acids is 1. The molecule has 3 nitrogen and oxygen atoms in total. The molecule has 0 fully saturated rings. The topological polar surface area (TPSA) is 52.3 Å². The first-order valence-corrected chi connectivity index (χ1v) is 8.29. The van der Waals surface area contributed by atoms with Crippen molar-refractivity contribution in [3.05, 3.63) is 0 Å². The van der Waals surface area contributed by atoms with Crippen LogP contribution in [0.25, 0.3) is 0 Å². The molecule has 0 spiro atoms. The molecule has 5 heteroatoms. The summed E-state index contributed by atoms with van der Waals surface area (Å²) >= 11 is 0.428. The zero-order valence-electron chi connectivity index (χ0n) is 8.33. The van der Waals surface area contributed by atoms with Gasteiger partial charge in [0.25, 0.3) is 0 Å². The number of hydrogen-bond acceptors (Lipinski definition) is 4. The van der Waals surface area contributed by atoms with E-state index in [1.807, 2.05) is 24.0 Å². The van der Waals surface area contributed by atoms with Crippen LogP contribution in [-0.2, 0) is 9.53 Å². The first-order chi connectivity index (χ1) is 6.04. The van der Waals surface area contributed by atoms with Gasteiger partial charge in [-0.3, -0.25) is 0 Å². The van der Waals surface area contributed by atoms with Gasteiger partial charge in [-0.15, -0.1) is 0 Å². The molecule has 2 N–H and O–H groups in total. The molecule has 0 aromatic heterocycles. The third-order valence-corrected chi connectivity index (χ3v) is 6.48. The number of methoxy groups -OCH3 is 1. The fraction of sp³-hybridized carbons (Fsp3) is 0.875. The first-order valence-electron chi connectivity index (χ1n) is 4.07. The van der Waals surface area contributed by atoms with E-state index in [-0.39, 0.29) is 11.4 Å². The van der Waals surface area contributed by atoms with Crippen LogP contribution in [0.15, 0.2) is 0 Å². The van der Waals surface area contributed by atoms with Crippen LogP contribution in [0.5, 0.6) is 0 Å². The maximum atomic E-state index is 11.3. The Hall–Kier alpha value is 0.299. The summed E-state index contributed by atoms with van der Waals surface area (Å²) in [6, 6.07) is 0.